The lowest BCUT2D eigenvalue weighted by atomic mass is 10.2. The second-order valence-corrected chi connectivity index (χ2v) is 7.10. The summed E-state index contributed by atoms with van der Waals surface area (Å²) in [6, 6.07) is 7.33. The SMILES string of the molecule is COc1ccc(NC(=O)c2cc(Br)c(Br)s2)cc1C. The number of halogens is 2. The van der Waals surface area contributed by atoms with Crippen molar-refractivity contribution in [2.24, 2.45) is 0 Å². The molecule has 0 aliphatic heterocycles. The van der Waals surface area contributed by atoms with Gasteiger partial charge in [0.2, 0.25) is 0 Å². The van der Waals surface area contributed by atoms with E-state index in [0.717, 1.165) is 25.3 Å². The predicted octanol–water partition coefficient (Wildman–Crippen LogP) is 4.84. The first-order chi connectivity index (χ1) is 9.01. The van der Waals surface area contributed by atoms with E-state index in [2.05, 4.69) is 37.2 Å². The van der Waals surface area contributed by atoms with Crippen LogP contribution in [0.3, 0.4) is 0 Å². The van der Waals surface area contributed by atoms with Crippen LogP contribution in [-0.4, -0.2) is 13.0 Å². The quantitative estimate of drug-likeness (QED) is 0.794. The summed E-state index contributed by atoms with van der Waals surface area (Å²) in [6.07, 6.45) is 0. The molecule has 1 amide bonds. The van der Waals surface area contributed by atoms with E-state index in [0.29, 0.717) is 4.88 Å². The first-order valence-electron chi connectivity index (χ1n) is 5.42. The zero-order valence-corrected chi connectivity index (χ0v) is 14.3. The van der Waals surface area contributed by atoms with Crippen molar-refractivity contribution in [3.8, 4) is 5.75 Å². The maximum atomic E-state index is 12.1. The lowest BCUT2D eigenvalue weighted by Gasteiger charge is -2.08. The number of thiophene rings is 1. The van der Waals surface area contributed by atoms with Gasteiger partial charge in [0, 0.05) is 10.2 Å². The minimum Gasteiger partial charge on any atom is -0.496 e. The minimum atomic E-state index is -0.124. The maximum Gasteiger partial charge on any atom is 0.265 e. The average molecular weight is 405 g/mol. The summed E-state index contributed by atoms with van der Waals surface area (Å²) in [4.78, 5) is 12.7. The Morgan fingerprint density at radius 3 is 2.58 bits per heavy atom. The molecule has 1 heterocycles. The van der Waals surface area contributed by atoms with E-state index in [4.69, 9.17) is 4.74 Å². The number of carbonyl (C=O) groups is 1. The fourth-order valence-electron chi connectivity index (χ4n) is 1.61. The summed E-state index contributed by atoms with van der Waals surface area (Å²) in [5.74, 6) is 0.681. The second kappa shape index (κ2) is 6.07. The van der Waals surface area contributed by atoms with Gasteiger partial charge in [-0.1, -0.05) is 0 Å². The number of hydrogen-bond donors (Lipinski definition) is 1. The highest BCUT2D eigenvalue weighted by Crippen LogP contribution is 2.32. The van der Waals surface area contributed by atoms with Crippen molar-refractivity contribution in [2.45, 2.75) is 6.92 Å². The molecule has 1 N–H and O–H groups in total. The van der Waals surface area contributed by atoms with Crippen molar-refractivity contribution in [1.29, 1.82) is 0 Å². The minimum absolute atomic E-state index is 0.124. The number of carbonyl (C=O) groups excluding carboxylic acids is 1. The monoisotopic (exact) mass is 403 g/mol. The van der Waals surface area contributed by atoms with Gasteiger partial charge in [0.15, 0.2) is 0 Å². The highest BCUT2D eigenvalue weighted by Gasteiger charge is 2.12. The molecule has 2 aromatic rings. The van der Waals surface area contributed by atoms with Crippen LogP contribution < -0.4 is 10.1 Å². The Balaban J connectivity index is 2.17. The normalized spacial score (nSPS) is 10.3. The van der Waals surface area contributed by atoms with Crippen LogP contribution in [0, 0.1) is 6.92 Å². The molecule has 0 aliphatic carbocycles. The van der Waals surface area contributed by atoms with Crippen molar-refractivity contribution in [3.05, 3.63) is 43.0 Å². The Morgan fingerprint density at radius 1 is 1.32 bits per heavy atom. The number of amides is 1. The van der Waals surface area contributed by atoms with E-state index in [1.165, 1.54) is 11.3 Å². The number of hydrogen-bond acceptors (Lipinski definition) is 3. The molecule has 0 bridgehead atoms. The number of aryl methyl sites for hydroxylation is 1. The first kappa shape index (κ1) is 14.6. The van der Waals surface area contributed by atoms with Gasteiger partial charge in [0.05, 0.1) is 15.8 Å². The first-order valence-corrected chi connectivity index (χ1v) is 7.82. The molecular weight excluding hydrogens is 394 g/mol. The third-order valence-corrected chi connectivity index (χ3v) is 5.78. The van der Waals surface area contributed by atoms with E-state index >= 15 is 0 Å². The standard InChI is InChI=1S/C13H11Br2NO2S/c1-7-5-8(3-4-10(7)18-2)16-13(17)11-6-9(14)12(15)19-11/h3-6H,1-2H3,(H,16,17). The van der Waals surface area contributed by atoms with Gasteiger partial charge < -0.3 is 10.1 Å². The summed E-state index contributed by atoms with van der Waals surface area (Å²) in [7, 11) is 1.63. The Kier molecular flexibility index (Phi) is 4.65. The van der Waals surface area contributed by atoms with Gasteiger partial charge in [-0.15, -0.1) is 11.3 Å². The number of rotatable bonds is 3. The molecule has 1 aromatic heterocycles. The summed E-state index contributed by atoms with van der Waals surface area (Å²) in [6.45, 7) is 1.94. The van der Waals surface area contributed by atoms with Crippen LogP contribution >= 0.6 is 43.2 Å². The molecule has 6 heteroatoms. The molecule has 0 saturated carbocycles. The highest BCUT2D eigenvalue weighted by molar-refractivity contribution is 9.13. The molecule has 0 spiro atoms. The third-order valence-electron chi connectivity index (χ3n) is 2.52. The van der Waals surface area contributed by atoms with E-state index < -0.39 is 0 Å². The van der Waals surface area contributed by atoms with Gasteiger partial charge in [0.25, 0.3) is 5.91 Å². The summed E-state index contributed by atoms with van der Waals surface area (Å²) in [5, 5.41) is 2.87. The number of ether oxygens (including phenoxy) is 1. The van der Waals surface area contributed by atoms with E-state index in [1.54, 1.807) is 13.2 Å². The number of benzene rings is 1. The van der Waals surface area contributed by atoms with Crippen LogP contribution in [0.4, 0.5) is 5.69 Å². The van der Waals surface area contributed by atoms with Crippen LogP contribution in [0.25, 0.3) is 0 Å². The van der Waals surface area contributed by atoms with Gasteiger partial charge in [0.1, 0.15) is 5.75 Å². The lowest BCUT2D eigenvalue weighted by Crippen LogP contribution is -2.10. The van der Waals surface area contributed by atoms with E-state index in [-0.39, 0.29) is 5.91 Å². The largest absolute Gasteiger partial charge is 0.496 e. The van der Waals surface area contributed by atoms with Gasteiger partial charge in [-0.05, 0) is 68.6 Å². The van der Waals surface area contributed by atoms with Crippen LogP contribution in [0.1, 0.15) is 15.2 Å². The Bertz CT molecular complexity index is 606. The van der Waals surface area contributed by atoms with Gasteiger partial charge in [-0.25, -0.2) is 0 Å². The number of nitrogens with one attached hydrogen (secondary N) is 1. The predicted molar refractivity (Wildman–Crippen MR) is 85.4 cm³/mol. The third kappa shape index (κ3) is 3.38. The van der Waals surface area contributed by atoms with Crippen molar-refractivity contribution >= 4 is 54.8 Å². The number of anilines is 1. The molecule has 0 aliphatic rings. The molecule has 1 aromatic carbocycles. The zero-order valence-electron chi connectivity index (χ0n) is 10.3. The van der Waals surface area contributed by atoms with Crippen molar-refractivity contribution in [2.75, 3.05) is 12.4 Å². The second-order valence-electron chi connectivity index (χ2n) is 3.87. The smallest absolute Gasteiger partial charge is 0.265 e. The molecule has 0 fully saturated rings. The van der Waals surface area contributed by atoms with Crippen molar-refractivity contribution < 1.29 is 9.53 Å². The Labute approximate surface area is 132 Å². The van der Waals surface area contributed by atoms with E-state index in [1.807, 2.05) is 25.1 Å². The molecule has 0 radical (unpaired) electrons. The van der Waals surface area contributed by atoms with Crippen LogP contribution in [-0.2, 0) is 0 Å². The summed E-state index contributed by atoms with van der Waals surface area (Å²) in [5.41, 5.74) is 1.73. The Morgan fingerprint density at radius 2 is 2.05 bits per heavy atom. The summed E-state index contributed by atoms with van der Waals surface area (Å²) >= 11 is 8.13. The fourth-order valence-corrected chi connectivity index (χ4v) is 3.54. The molecule has 0 unspecified atom stereocenters. The van der Waals surface area contributed by atoms with Crippen molar-refractivity contribution in [1.82, 2.24) is 0 Å². The molecule has 2 rings (SSSR count). The molecule has 0 saturated heterocycles. The van der Waals surface area contributed by atoms with Gasteiger partial charge >= 0.3 is 0 Å². The fraction of sp³-hybridized carbons (Fsp3) is 0.154. The van der Waals surface area contributed by atoms with Crippen LogP contribution in [0.5, 0.6) is 5.75 Å². The Hall–Kier alpha value is -0.850. The zero-order chi connectivity index (χ0) is 14.0. The number of methoxy groups -OCH3 is 1. The average Bonchev–Trinajstić information content (AvgIpc) is 2.70. The van der Waals surface area contributed by atoms with Crippen LogP contribution in [0.2, 0.25) is 0 Å². The molecule has 3 nitrogen and oxygen atoms in total. The van der Waals surface area contributed by atoms with E-state index in [9.17, 15) is 4.79 Å². The maximum absolute atomic E-state index is 12.1. The lowest BCUT2D eigenvalue weighted by molar-refractivity contribution is 0.103. The summed E-state index contributed by atoms with van der Waals surface area (Å²) < 4.78 is 6.97. The van der Waals surface area contributed by atoms with Gasteiger partial charge in [-0.2, -0.15) is 0 Å². The van der Waals surface area contributed by atoms with Crippen molar-refractivity contribution in [3.63, 3.8) is 0 Å². The topological polar surface area (TPSA) is 38.3 Å². The molecule has 19 heavy (non-hydrogen) atoms. The van der Waals surface area contributed by atoms with Crippen LogP contribution in [0.15, 0.2) is 32.5 Å². The molecule has 100 valence electrons. The van der Waals surface area contributed by atoms with Gasteiger partial charge in [-0.3, -0.25) is 4.79 Å². The molecular formula is C13H11Br2NO2S. The highest BCUT2D eigenvalue weighted by atomic mass is 79.9. The molecule has 0 atom stereocenters.